The minimum absolute atomic E-state index is 0.0697. The van der Waals surface area contributed by atoms with E-state index in [1.54, 1.807) is 18.1 Å². The SMILES string of the molecule is COc1cccc(CN2C(=O)CCC2c2nc(-c3ccccc3Cl)no2)c1. The summed E-state index contributed by atoms with van der Waals surface area (Å²) in [5.74, 6) is 1.68. The molecule has 1 aromatic heterocycles. The van der Waals surface area contributed by atoms with Gasteiger partial charge in [-0.05, 0) is 36.2 Å². The van der Waals surface area contributed by atoms with E-state index < -0.39 is 0 Å². The van der Waals surface area contributed by atoms with Gasteiger partial charge in [-0.1, -0.05) is 41.0 Å². The standard InChI is InChI=1S/C20H18ClN3O3/c1-26-14-6-4-5-13(11-14)12-24-17(9-10-18(24)25)20-22-19(23-27-20)15-7-2-3-8-16(15)21/h2-8,11,17H,9-10,12H2,1H3. The quantitative estimate of drug-likeness (QED) is 0.658. The minimum Gasteiger partial charge on any atom is -0.497 e. The largest absolute Gasteiger partial charge is 0.497 e. The zero-order chi connectivity index (χ0) is 18.8. The molecule has 1 unspecified atom stereocenters. The number of hydrogen-bond donors (Lipinski definition) is 0. The van der Waals surface area contributed by atoms with Crippen LogP contribution in [0.5, 0.6) is 5.75 Å². The number of carbonyl (C=O) groups excluding carboxylic acids is 1. The lowest BCUT2D eigenvalue weighted by Gasteiger charge is -2.22. The summed E-state index contributed by atoms with van der Waals surface area (Å²) in [6, 6.07) is 14.8. The maximum absolute atomic E-state index is 12.4. The van der Waals surface area contributed by atoms with Gasteiger partial charge in [-0.15, -0.1) is 0 Å². The van der Waals surface area contributed by atoms with Crippen LogP contribution in [-0.4, -0.2) is 28.1 Å². The highest BCUT2D eigenvalue weighted by atomic mass is 35.5. The van der Waals surface area contributed by atoms with E-state index in [9.17, 15) is 4.79 Å². The number of halogens is 1. The van der Waals surface area contributed by atoms with E-state index in [1.807, 2.05) is 42.5 Å². The highest BCUT2D eigenvalue weighted by Crippen LogP contribution is 2.35. The Hall–Kier alpha value is -2.86. The number of likely N-dealkylation sites (tertiary alicyclic amines) is 1. The minimum atomic E-state index is -0.243. The molecule has 6 nitrogen and oxygen atoms in total. The van der Waals surface area contributed by atoms with Crippen LogP contribution >= 0.6 is 11.6 Å². The van der Waals surface area contributed by atoms with Crippen LogP contribution in [0.15, 0.2) is 53.1 Å². The van der Waals surface area contributed by atoms with Gasteiger partial charge in [0.2, 0.25) is 17.6 Å². The molecule has 27 heavy (non-hydrogen) atoms. The second-order valence-corrected chi connectivity index (χ2v) is 6.77. The van der Waals surface area contributed by atoms with Gasteiger partial charge in [0, 0.05) is 18.5 Å². The van der Waals surface area contributed by atoms with Crippen LogP contribution in [0.25, 0.3) is 11.4 Å². The zero-order valence-corrected chi connectivity index (χ0v) is 15.5. The van der Waals surface area contributed by atoms with Crippen molar-refractivity contribution < 1.29 is 14.1 Å². The Morgan fingerprint density at radius 1 is 1.26 bits per heavy atom. The summed E-state index contributed by atoms with van der Waals surface area (Å²) in [4.78, 5) is 18.7. The van der Waals surface area contributed by atoms with Crippen molar-refractivity contribution in [2.45, 2.75) is 25.4 Å². The molecule has 138 valence electrons. The fourth-order valence-electron chi connectivity index (χ4n) is 3.28. The number of aromatic nitrogens is 2. The van der Waals surface area contributed by atoms with Crippen LogP contribution in [0.1, 0.15) is 30.3 Å². The molecule has 0 N–H and O–H groups in total. The lowest BCUT2D eigenvalue weighted by atomic mass is 10.1. The van der Waals surface area contributed by atoms with Gasteiger partial charge in [0.1, 0.15) is 11.8 Å². The molecule has 1 amide bonds. The normalized spacial score (nSPS) is 16.7. The zero-order valence-electron chi connectivity index (χ0n) is 14.8. The fraction of sp³-hybridized carbons (Fsp3) is 0.250. The van der Waals surface area contributed by atoms with E-state index in [0.29, 0.717) is 41.7 Å². The molecule has 0 spiro atoms. The summed E-state index contributed by atoms with van der Waals surface area (Å²) in [5, 5.41) is 4.61. The van der Waals surface area contributed by atoms with E-state index in [2.05, 4.69) is 10.1 Å². The highest BCUT2D eigenvalue weighted by Gasteiger charge is 2.36. The van der Waals surface area contributed by atoms with Crippen LogP contribution in [0.2, 0.25) is 5.02 Å². The molecular weight excluding hydrogens is 366 g/mol. The molecule has 0 bridgehead atoms. The number of rotatable bonds is 5. The van der Waals surface area contributed by atoms with Gasteiger partial charge in [0.15, 0.2) is 0 Å². The first-order valence-corrected chi connectivity index (χ1v) is 9.04. The van der Waals surface area contributed by atoms with Crippen molar-refractivity contribution in [2.75, 3.05) is 7.11 Å². The third-order valence-electron chi connectivity index (χ3n) is 4.66. The van der Waals surface area contributed by atoms with Crippen molar-refractivity contribution >= 4 is 17.5 Å². The van der Waals surface area contributed by atoms with E-state index in [1.165, 1.54) is 0 Å². The van der Waals surface area contributed by atoms with Gasteiger partial charge < -0.3 is 14.2 Å². The van der Waals surface area contributed by atoms with Crippen molar-refractivity contribution in [1.29, 1.82) is 0 Å². The van der Waals surface area contributed by atoms with Gasteiger partial charge in [-0.2, -0.15) is 4.98 Å². The van der Waals surface area contributed by atoms with Gasteiger partial charge in [-0.25, -0.2) is 0 Å². The molecule has 2 aromatic carbocycles. The van der Waals surface area contributed by atoms with E-state index in [0.717, 1.165) is 11.3 Å². The Bertz CT molecular complexity index is 972. The van der Waals surface area contributed by atoms with Gasteiger partial charge in [0.05, 0.1) is 12.1 Å². The molecule has 7 heteroatoms. The number of methoxy groups -OCH3 is 1. The smallest absolute Gasteiger partial charge is 0.249 e. The first kappa shape index (κ1) is 17.5. The summed E-state index contributed by atoms with van der Waals surface area (Å²) in [6.45, 7) is 0.463. The second kappa shape index (κ2) is 7.40. The van der Waals surface area contributed by atoms with Crippen LogP contribution in [0.3, 0.4) is 0 Å². The summed E-state index contributed by atoms with van der Waals surface area (Å²) < 4.78 is 10.7. The lowest BCUT2D eigenvalue weighted by molar-refractivity contribution is -0.130. The summed E-state index contributed by atoms with van der Waals surface area (Å²) >= 11 is 6.22. The van der Waals surface area contributed by atoms with Gasteiger partial charge in [-0.3, -0.25) is 4.79 Å². The van der Waals surface area contributed by atoms with E-state index in [4.69, 9.17) is 20.9 Å². The van der Waals surface area contributed by atoms with E-state index in [-0.39, 0.29) is 11.9 Å². The van der Waals surface area contributed by atoms with E-state index >= 15 is 0 Å². The predicted octanol–water partition coefficient (Wildman–Crippen LogP) is 4.26. The molecule has 2 heterocycles. The van der Waals surface area contributed by atoms with Gasteiger partial charge >= 0.3 is 0 Å². The van der Waals surface area contributed by atoms with Crippen molar-refractivity contribution in [3.8, 4) is 17.1 Å². The predicted molar refractivity (Wildman–Crippen MR) is 100 cm³/mol. The number of ether oxygens (including phenoxy) is 1. The molecular formula is C20H18ClN3O3. The third-order valence-corrected chi connectivity index (χ3v) is 4.99. The average Bonchev–Trinajstić information content (AvgIpc) is 3.30. The van der Waals surface area contributed by atoms with Crippen LogP contribution in [0, 0.1) is 0 Å². The molecule has 1 atom stereocenters. The second-order valence-electron chi connectivity index (χ2n) is 6.36. The molecule has 1 aliphatic rings. The molecule has 0 aliphatic carbocycles. The number of carbonyl (C=O) groups is 1. The maximum atomic E-state index is 12.4. The fourth-order valence-corrected chi connectivity index (χ4v) is 3.50. The molecule has 0 saturated carbocycles. The summed E-state index contributed by atoms with van der Waals surface area (Å²) in [7, 11) is 1.62. The number of benzene rings is 2. The number of amides is 1. The average molecular weight is 384 g/mol. The Morgan fingerprint density at radius 3 is 2.93 bits per heavy atom. The Morgan fingerprint density at radius 2 is 2.11 bits per heavy atom. The molecule has 1 aliphatic heterocycles. The molecule has 1 saturated heterocycles. The third kappa shape index (κ3) is 3.53. The number of nitrogens with zero attached hydrogens (tertiary/aromatic N) is 3. The Balaban J connectivity index is 1.59. The molecule has 0 radical (unpaired) electrons. The number of hydrogen-bond acceptors (Lipinski definition) is 5. The first-order chi connectivity index (χ1) is 13.2. The lowest BCUT2D eigenvalue weighted by Crippen LogP contribution is -2.27. The summed E-state index contributed by atoms with van der Waals surface area (Å²) in [6.07, 6.45) is 1.10. The van der Waals surface area contributed by atoms with Crippen LogP contribution in [0.4, 0.5) is 0 Å². The molecule has 3 aromatic rings. The highest BCUT2D eigenvalue weighted by molar-refractivity contribution is 6.33. The molecule has 4 rings (SSSR count). The monoisotopic (exact) mass is 383 g/mol. The van der Waals surface area contributed by atoms with Crippen molar-refractivity contribution in [2.24, 2.45) is 0 Å². The van der Waals surface area contributed by atoms with Crippen LogP contribution < -0.4 is 4.74 Å². The maximum Gasteiger partial charge on any atom is 0.249 e. The van der Waals surface area contributed by atoms with Gasteiger partial charge in [0.25, 0.3) is 0 Å². The van der Waals surface area contributed by atoms with Crippen LogP contribution in [-0.2, 0) is 11.3 Å². The van der Waals surface area contributed by atoms with Crippen molar-refractivity contribution in [3.63, 3.8) is 0 Å². The van der Waals surface area contributed by atoms with Crippen molar-refractivity contribution in [3.05, 3.63) is 65.0 Å². The summed E-state index contributed by atoms with van der Waals surface area (Å²) in [5.41, 5.74) is 1.69. The Kier molecular flexibility index (Phi) is 4.81. The molecule has 1 fully saturated rings. The van der Waals surface area contributed by atoms with Crippen molar-refractivity contribution in [1.82, 2.24) is 15.0 Å². The first-order valence-electron chi connectivity index (χ1n) is 8.66. The Labute approximate surface area is 161 Å². The topological polar surface area (TPSA) is 68.5 Å².